The number of amides is 1. The van der Waals surface area contributed by atoms with Gasteiger partial charge in [-0.25, -0.2) is 8.42 Å². The molecule has 0 radical (unpaired) electrons. The second-order valence-electron chi connectivity index (χ2n) is 7.24. The van der Waals surface area contributed by atoms with E-state index in [4.69, 9.17) is 15.2 Å². The molecule has 2 atom stereocenters. The van der Waals surface area contributed by atoms with Gasteiger partial charge >= 0.3 is 0 Å². The summed E-state index contributed by atoms with van der Waals surface area (Å²) in [6.45, 7) is 4.18. The number of ether oxygens (including phenoxy) is 2. The van der Waals surface area contributed by atoms with E-state index in [1.54, 1.807) is 11.0 Å². The number of hydrogen-bond donors (Lipinski definition) is 1. The van der Waals surface area contributed by atoms with Gasteiger partial charge in [-0.05, 0) is 30.9 Å². The molecular weight excluding hydrogens is 368 g/mol. The van der Waals surface area contributed by atoms with E-state index in [2.05, 4.69) is 6.92 Å². The van der Waals surface area contributed by atoms with Gasteiger partial charge in [-0.15, -0.1) is 0 Å². The Morgan fingerprint density at radius 1 is 1.22 bits per heavy atom. The first kappa shape index (κ1) is 19.9. The Hall–Kier alpha value is -1.80. The van der Waals surface area contributed by atoms with Crippen molar-refractivity contribution < 1.29 is 22.7 Å². The van der Waals surface area contributed by atoms with Crippen molar-refractivity contribution in [2.75, 3.05) is 32.1 Å². The van der Waals surface area contributed by atoms with Gasteiger partial charge in [-0.3, -0.25) is 4.79 Å². The average Bonchev–Trinajstić information content (AvgIpc) is 2.90. The Bertz CT molecular complexity index is 780. The molecule has 1 fully saturated rings. The third kappa shape index (κ3) is 4.55. The van der Waals surface area contributed by atoms with Crippen LogP contribution in [0.2, 0.25) is 0 Å². The first-order valence-corrected chi connectivity index (χ1v) is 11.2. The van der Waals surface area contributed by atoms with Crippen molar-refractivity contribution in [3.8, 4) is 11.5 Å². The van der Waals surface area contributed by atoms with Crippen LogP contribution < -0.4 is 15.2 Å². The van der Waals surface area contributed by atoms with Gasteiger partial charge in [0.25, 0.3) is 0 Å². The lowest BCUT2D eigenvalue weighted by atomic mass is 9.90. The highest BCUT2D eigenvalue weighted by molar-refractivity contribution is 7.91. The smallest absolute Gasteiger partial charge is 0.223 e. The average molecular weight is 397 g/mol. The Morgan fingerprint density at radius 3 is 2.70 bits per heavy atom. The number of fused-ring (bicyclic) bond motifs is 1. The fourth-order valence-electron chi connectivity index (χ4n) is 3.74. The summed E-state index contributed by atoms with van der Waals surface area (Å²) in [5.74, 6) is 0.956. The first-order chi connectivity index (χ1) is 12.9. The van der Waals surface area contributed by atoms with E-state index in [9.17, 15) is 13.2 Å². The van der Waals surface area contributed by atoms with E-state index >= 15 is 0 Å². The van der Waals surface area contributed by atoms with Gasteiger partial charge in [0, 0.05) is 38.0 Å². The maximum Gasteiger partial charge on any atom is 0.223 e. The van der Waals surface area contributed by atoms with E-state index in [0.29, 0.717) is 43.7 Å². The number of rotatable bonds is 5. The molecule has 1 amide bonds. The van der Waals surface area contributed by atoms with Crippen molar-refractivity contribution in [1.29, 1.82) is 0 Å². The minimum absolute atomic E-state index is 0.00741. The highest BCUT2D eigenvalue weighted by atomic mass is 32.2. The zero-order chi connectivity index (χ0) is 19.4. The number of carbonyl (C=O) groups excluding carboxylic acids is 1. The lowest BCUT2D eigenvalue weighted by molar-refractivity contribution is -0.135. The number of nitrogens with zero attached hydrogens (tertiary/aromatic N) is 1. The SMILES string of the molecule is C[C@@H]1CCCN(C(=O)CCS(=O)(=O)c2ccc3c(c2)OCCCO3)[C@H]1CN. The molecule has 2 aliphatic rings. The Morgan fingerprint density at radius 2 is 1.96 bits per heavy atom. The zero-order valence-electron chi connectivity index (χ0n) is 15.7. The quantitative estimate of drug-likeness (QED) is 0.812. The summed E-state index contributed by atoms with van der Waals surface area (Å²) in [4.78, 5) is 14.5. The fraction of sp³-hybridized carbons (Fsp3) is 0.632. The minimum Gasteiger partial charge on any atom is -0.490 e. The third-order valence-corrected chi connectivity index (χ3v) is 7.05. The summed E-state index contributed by atoms with van der Waals surface area (Å²) >= 11 is 0. The highest BCUT2D eigenvalue weighted by Crippen LogP contribution is 2.32. The second-order valence-corrected chi connectivity index (χ2v) is 9.35. The summed E-state index contributed by atoms with van der Waals surface area (Å²) in [5, 5.41) is 0. The molecule has 2 heterocycles. The van der Waals surface area contributed by atoms with Crippen LogP contribution in [0.4, 0.5) is 0 Å². The van der Waals surface area contributed by atoms with Crippen molar-refractivity contribution in [2.45, 2.75) is 43.5 Å². The van der Waals surface area contributed by atoms with Crippen molar-refractivity contribution in [2.24, 2.45) is 11.7 Å². The van der Waals surface area contributed by atoms with E-state index in [0.717, 1.165) is 19.3 Å². The highest BCUT2D eigenvalue weighted by Gasteiger charge is 2.31. The van der Waals surface area contributed by atoms with Gasteiger partial charge in [0.05, 0.1) is 23.9 Å². The Kier molecular flexibility index (Phi) is 6.26. The number of carbonyl (C=O) groups is 1. The molecule has 150 valence electrons. The molecule has 27 heavy (non-hydrogen) atoms. The van der Waals surface area contributed by atoms with Crippen LogP contribution in [0.5, 0.6) is 11.5 Å². The van der Waals surface area contributed by atoms with Gasteiger partial charge in [0.1, 0.15) is 0 Å². The van der Waals surface area contributed by atoms with Crippen LogP contribution in [0.3, 0.4) is 0 Å². The van der Waals surface area contributed by atoms with E-state index in [1.807, 2.05) is 0 Å². The van der Waals surface area contributed by atoms with Crippen LogP contribution in [0.1, 0.15) is 32.6 Å². The van der Waals surface area contributed by atoms with Crippen LogP contribution in [-0.2, 0) is 14.6 Å². The summed E-state index contributed by atoms with van der Waals surface area (Å²) in [6, 6.07) is 4.61. The largest absolute Gasteiger partial charge is 0.490 e. The van der Waals surface area contributed by atoms with Crippen molar-refractivity contribution in [1.82, 2.24) is 4.90 Å². The number of piperidine rings is 1. The molecular formula is C19H28N2O5S. The molecule has 0 unspecified atom stereocenters. The standard InChI is InChI=1S/C19H28N2O5S/c1-14-4-2-8-21(16(14)13-20)19(22)7-11-27(23,24)15-5-6-17-18(12-15)26-10-3-9-25-17/h5-6,12,14,16H,2-4,7-11,13,20H2,1H3/t14-,16+/m1/s1. The number of hydrogen-bond acceptors (Lipinski definition) is 6. The predicted molar refractivity (Wildman–Crippen MR) is 102 cm³/mol. The molecule has 0 bridgehead atoms. The third-order valence-electron chi connectivity index (χ3n) is 5.34. The van der Waals surface area contributed by atoms with Gasteiger partial charge < -0.3 is 20.1 Å². The van der Waals surface area contributed by atoms with Gasteiger partial charge in [-0.2, -0.15) is 0 Å². The molecule has 1 saturated heterocycles. The monoisotopic (exact) mass is 396 g/mol. The van der Waals surface area contributed by atoms with Gasteiger partial charge in [0.15, 0.2) is 21.3 Å². The van der Waals surface area contributed by atoms with Crippen LogP contribution in [-0.4, -0.2) is 57.3 Å². The normalized spacial score (nSPS) is 23.0. The molecule has 0 spiro atoms. The lowest BCUT2D eigenvalue weighted by Gasteiger charge is -2.39. The summed E-state index contributed by atoms with van der Waals surface area (Å²) in [6.07, 6.45) is 2.68. The van der Waals surface area contributed by atoms with Crippen LogP contribution in [0.25, 0.3) is 0 Å². The topological polar surface area (TPSA) is 98.9 Å². The summed E-state index contributed by atoms with van der Waals surface area (Å²) < 4.78 is 36.5. The maximum absolute atomic E-state index is 12.7. The van der Waals surface area contributed by atoms with Crippen LogP contribution >= 0.6 is 0 Å². The molecule has 0 saturated carbocycles. The van der Waals surface area contributed by atoms with Crippen molar-refractivity contribution in [3.63, 3.8) is 0 Å². The summed E-state index contributed by atoms with van der Waals surface area (Å²) in [5.41, 5.74) is 5.83. The molecule has 1 aromatic rings. The van der Waals surface area contributed by atoms with E-state index in [1.165, 1.54) is 12.1 Å². The summed E-state index contributed by atoms with van der Waals surface area (Å²) in [7, 11) is -3.59. The van der Waals surface area contributed by atoms with E-state index in [-0.39, 0.29) is 29.0 Å². The number of sulfone groups is 1. The Balaban J connectivity index is 1.68. The molecule has 2 aliphatic heterocycles. The lowest BCUT2D eigenvalue weighted by Crippen LogP contribution is -2.51. The molecule has 0 aromatic heterocycles. The molecule has 1 aromatic carbocycles. The Labute approximate surface area is 160 Å². The molecule has 7 nitrogen and oxygen atoms in total. The number of benzene rings is 1. The minimum atomic E-state index is -3.59. The van der Waals surface area contributed by atoms with Crippen LogP contribution in [0.15, 0.2) is 23.1 Å². The number of likely N-dealkylation sites (tertiary alicyclic amines) is 1. The van der Waals surface area contributed by atoms with Gasteiger partial charge in [0.2, 0.25) is 5.91 Å². The predicted octanol–water partition coefficient (Wildman–Crippen LogP) is 1.60. The zero-order valence-corrected chi connectivity index (χ0v) is 16.5. The van der Waals surface area contributed by atoms with Crippen molar-refractivity contribution in [3.05, 3.63) is 18.2 Å². The molecule has 8 heteroatoms. The van der Waals surface area contributed by atoms with Gasteiger partial charge in [-0.1, -0.05) is 6.92 Å². The van der Waals surface area contributed by atoms with Crippen LogP contribution in [0, 0.1) is 5.92 Å². The molecule has 3 rings (SSSR count). The molecule has 2 N–H and O–H groups in total. The maximum atomic E-state index is 12.7. The number of nitrogens with two attached hydrogens (primary N) is 1. The van der Waals surface area contributed by atoms with Crippen molar-refractivity contribution >= 4 is 15.7 Å². The first-order valence-electron chi connectivity index (χ1n) is 9.54. The van der Waals surface area contributed by atoms with E-state index < -0.39 is 9.84 Å². The molecule has 0 aliphatic carbocycles. The fourth-order valence-corrected chi connectivity index (χ4v) is 4.98. The second kappa shape index (κ2) is 8.48.